The number of hydrogen-bond donors (Lipinski definition) is 3. The molecule has 3 heterocycles. The fraction of sp³-hybridized carbons (Fsp3) is 0.941. The Kier molecular flexibility index (Phi) is 6.10. The summed E-state index contributed by atoms with van der Waals surface area (Å²) in [6.45, 7) is 6.08. The van der Waals surface area contributed by atoms with Crippen LogP contribution in [0.15, 0.2) is 0 Å². The summed E-state index contributed by atoms with van der Waals surface area (Å²) >= 11 is 0. The number of carbonyl (C=O) groups is 1. The third-order valence-electron chi connectivity index (χ3n) is 4.97. The molecule has 0 bridgehead atoms. The Morgan fingerprint density at radius 3 is 2.67 bits per heavy atom. The van der Waals surface area contributed by atoms with Crippen molar-refractivity contribution in [3.05, 3.63) is 0 Å². The van der Waals surface area contributed by atoms with Gasteiger partial charge in [-0.15, -0.1) is 0 Å². The minimum Gasteiger partial charge on any atom is -0.388 e. The highest BCUT2D eigenvalue weighted by molar-refractivity contribution is 5.76. The van der Waals surface area contributed by atoms with Crippen LogP contribution in [0.1, 0.15) is 39.5 Å². The van der Waals surface area contributed by atoms with E-state index in [0.29, 0.717) is 25.4 Å². The summed E-state index contributed by atoms with van der Waals surface area (Å²) in [5.74, 6) is -0.0119. The van der Waals surface area contributed by atoms with E-state index in [2.05, 4.69) is 10.6 Å². The van der Waals surface area contributed by atoms with E-state index in [1.165, 1.54) is 0 Å². The second-order valence-corrected chi connectivity index (χ2v) is 7.38. The maximum absolute atomic E-state index is 11.8. The Morgan fingerprint density at radius 2 is 2.00 bits per heavy atom. The van der Waals surface area contributed by atoms with Gasteiger partial charge in [0.25, 0.3) is 0 Å². The van der Waals surface area contributed by atoms with E-state index >= 15 is 0 Å². The highest BCUT2D eigenvalue weighted by Gasteiger charge is 2.50. The average molecular weight is 342 g/mol. The van der Waals surface area contributed by atoms with Gasteiger partial charge in [0, 0.05) is 38.3 Å². The van der Waals surface area contributed by atoms with Gasteiger partial charge in [0.2, 0.25) is 5.91 Å². The Hall–Kier alpha value is -0.730. The normalized spacial score (nSPS) is 36.9. The van der Waals surface area contributed by atoms with Crippen LogP contribution in [0.3, 0.4) is 0 Å². The van der Waals surface area contributed by atoms with Gasteiger partial charge in [-0.2, -0.15) is 0 Å². The molecule has 1 amide bonds. The highest BCUT2D eigenvalue weighted by atomic mass is 16.6. The van der Waals surface area contributed by atoms with Crippen molar-refractivity contribution in [2.75, 3.05) is 19.8 Å². The number of carbonyl (C=O) groups excluding carboxylic acids is 1. The molecule has 0 aliphatic carbocycles. The first-order valence-corrected chi connectivity index (χ1v) is 9.12. The number of rotatable bonds is 6. The van der Waals surface area contributed by atoms with Crippen molar-refractivity contribution in [1.82, 2.24) is 10.6 Å². The first-order valence-electron chi connectivity index (χ1n) is 9.12. The summed E-state index contributed by atoms with van der Waals surface area (Å²) in [6, 6.07) is 0.560. The summed E-state index contributed by atoms with van der Waals surface area (Å²) < 4.78 is 17.2. The zero-order chi connectivity index (χ0) is 17.1. The molecule has 0 spiro atoms. The van der Waals surface area contributed by atoms with Gasteiger partial charge in [-0.3, -0.25) is 4.79 Å². The molecule has 0 saturated carbocycles. The first kappa shape index (κ1) is 18.1. The van der Waals surface area contributed by atoms with Crippen molar-refractivity contribution in [2.45, 2.75) is 82.1 Å². The van der Waals surface area contributed by atoms with Crippen molar-refractivity contribution in [2.24, 2.45) is 0 Å². The predicted octanol–water partition coefficient (Wildman–Crippen LogP) is -0.0445. The zero-order valence-corrected chi connectivity index (χ0v) is 14.6. The van der Waals surface area contributed by atoms with E-state index in [1.807, 2.05) is 13.8 Å². The Morgan fingerprint density at radius 1 is 1.25 bits per heavy atom. The second-order valence-electron chi connectivity index (χ2n) is 7.38. The van der Waals surface area contributed by atoms with E-state index in [-0.39, 0.29) is 36.4 Å². The molecule has 3 aliphatic heterocycles. The summed E-state index contributed by atoms with van der Waals surface area (Å²) in [5.41, 5.74) is 0. The smallest absolute Gasteiger partial charge is 0.222 e. The van der Waals surface area contributed by atoms with Crippen LogP contribution in [0.2, 0.25) is 0 Å². The Labute approximate surface area is 143 Å². The lowest BCUT2D eigenvalue weighted by Gasteiger charge is -2.26. The maximum atomic E-state index is 11.8. The maximum Gasteiger partial charge on any atom is 0.222 e. The molecule has 0 aromatic carbocycles. The number of ether oxygens (including phenoxy) is 3. The summed E-state index contributed by atoms with van der Waals surface area (Å²) in [5, 5.41) is 16.8. The highest BCUT2D eigenvalue weighted by Crippen LogP contribution is 2.35. The molecular formula is C17H30N2O5. The summed E-state index contributed by atoms with van der Waals surface area (Å²) in [4.78, 5) is 11.8. The van der Waals surface area contributed by atoms with Gasteiger partial charge in [-0.25, -0.2) is 0 Å². The Bertz CT molecular complexity index is 427. The monoisotopic (exact) mass is 342 g/mol. The molecule has 5 atom stereocenters. The SMILES string of the molecule is CC(C)NC(=O)C[C@@H]1C[C@H]2O[C@H](CNC3CCOCC3)[C@@H](O)[C@H]2O1. The quantitative estimate of drug-likeness (QED) is 0.627. The largest absolute Gasteiger partial charge is 0.388 e. The van der Waals surface area contributed by atoms with Gasteiger partial charge < -0.3 is 30.0 Å². The second kappa shape index (κ2) is 8.10. The minimum atomic E-state index is -0.638. The number of fused-ring (bicyclic) bond motifs is 1. The fourth-order valence-electron chi connectivity index (χ4n) is 3.78. The molecule has 3 saturated heterocycles. The molecule has 0 unspecified atom stereocenters. The Balaban J connectivity index is 1.41. The third kappa shape index (κ3) is 4.46. The summed E-state index contributed by atoms with van der Waals surface area (Å²) in [6.07, 6.45) is 1.51. The first-order chi connectivity index (χ1) is 11.5. The lowest BCUT2D eigenvalue weighted by Crippen LogP contribution is -2.44. The topological polar surface area (TPSA) is 89.1 Å². The fourth-order valence-corrected chi connectivity index (χ4v) is 3.78. The van der Waals surface area contributed by atoms with Crippen LogP contribution in [-0.2, 0) is 19.0 Å². The lowest BCUT2D eigenvalue weighted by atomic mass is 10.1. The molecule has 7 heteroatoms. The van der Waals surface area contributed by atoms with Crippen molar-refractivity contribution >= 4 is 5.91 Å². The van der Waals surface area contributed by atoms with Gasteiger partial charge in [0.15, 0.2) is 0 Å². The van der Waals surface area contributed by atoms with E-state index < -0.39 is 6.10 Å². The van der Waals surface area contributed by atoms with Gasteiger partial charge in [0.1, 0.15) is 12.2 Å². The molecule has 24 heavy (non-hydrogen) atoms. The van der Waals surface area contributed by atoms with Crippen LogP contribution in [0.25, 0.3) is 0 Å². The molecule has 7 nitrogen and oxygen atoms in total. The average Bonchev–Trinajstić information content (AvgIpc) is 3.04. The standard InChI is InChI=1S/C17H30N2O5/c1-10(2)19-15(20)8-12-7-13-17(23-12)16(21)14(24-13)9-18-11-3-5-22-6-4-11/h10-14,16-18,21H,3-9H2,1-2H3,(H,19,20)/t12-,13+,14+,16+,17-/m0/s1. The number of aliphatic hydroxyl groups is 1. The lowest BCUT2D eigenvalue weighted by molar-refractivity contribution is -0.125. The van der Waals surface area contributed by atoms with Gasteiger partial charge >= 0.3 is 0 Å². The molecule has 3 aliphatic rings. The summed E-state index contributed by atoms with van der Waals surface area (Å²) in [7, 11) is 0. The molecule has 138 valence electrons. The molecular weight excluding hydrogens is 312 g/mol. The van der Waals surface area contributed by atoms with Crippen LogP contribution in [-0.4, -0.2) is 73.4 Å². The van der Waals surface area contributed by atoms with Crippen LogP contribution < -0.4 is 10.6 Å². The zero-order valence-electron chi connectivity index (χ0n) is 14.6. The molecule has 0 radical (unpaired) electrons. The molecule has 0 aromatic heterocycles. The van der Waals surface area contributed by atoms with E-state index in [0.717, 1.165) is 26.1 Å². The molecule has 0 aromatic rings. The van der Waals surface area contributed by atoms with Crippen molar-refractivity contribution in [1.29, 1.82) is 0 Å². The molecule has 3 N–H and O–H groups in total. The van der Waals surface area contributed by atoms with E-state index in [4.69, 9.17) is 14.2 Å². The van der Waals surface area contributed by atoms with Crippen LogP contribution in [0.5, 0.6) is 0 Å². The third-order valence-corrected chi connectivity index (χ3v) is 4.97. The van der Waals surface area contributed by atoms with Crippen molar-refractivity contribution in [3.8, 4) is 0 Å². The van der Waals surface area contributed by atoms with Gasteiger partial charge in [-0.1, -0.05) is 0 Å². The number of aliphatic hydroxyl groups excluding tert-OH is 1. The number of amides is 1. The van der Waals surface area contributed by atoms with Gasteiger partial charge in [0.05, 0.1) is 24.7 Å². The van der Waals surface area contributed by atoms with Crippen molar-refractivity contribution in [3.63, 3.8) is 0 Å². The van der Waals surface area contributed by atoms with Gasteiger partial charge in [-0.05, 0) is 26.7 Å². The van der Waals surface area contributed by atoms with Crippen LogP contribution >= 0.6 is 0 Å². The molecule has 3 rings (SSSR count). The van der Waals surface area contributed by atoms with E-state index in [1.54, 1.807) is 0 Å². The van der Waals surface area contributed by atoms with Crippen LogP contribution in [0, 0.1) is 0 Å². The van der Waals surface area contributed by atoms with Crippen LogP contribution in [0.4, 0.5) is 0 Å². The predicted molar refractivity (Wildman–Crippen MR) is 87.7 cm³/mol. The number of nitrogens with one attached hydrogen (secondary N) is 2. The van der Waals surface area contributed by atoms with E-state index in [9.17, 15) is 9.90 Å². The minimum absolute atomic E-state index is 0.0119. The number of hydrogen-bond acceptors (Lipinski definition) is 6. The molecule has 3 fully saturated rings. The van der Waals surface area contributed by atoms with Crippen molar-refractivity contribution < 1.29 is 24.1 Å².